The minimum Gasteiger partial charge on any atom is -0.480 e. The number of carboxylic acids is 1. The summed E-state index contributed by atoms with van der Waals surface area (Å²) >= 11 is 1.94. The molecule has 0 aliphatic carbocycles. The van der Waals surface area contributed by atoms with Crippen molar-refractivity contribution in [2.45, 2.75) is 38.6 Å². The molecular formula is C11H21NO2S. The molecule has 3 nitrogen and oxygen atoms in total. The first kappa shape index (κ1) is 12.8. The summed E-state index contributed by atoms with van der Waals surface area (Å²) in [6, 6.07) is -0.247. The molecular weight excluding hydrogens is 210 g/mol. The highest BCUT2D eigenvalue weighted by Crippen LogP contribution is 2.16. The predicted octanol–water partition coefficient (Wildman–Crippen LogP) is 2.07. The molecule has 0 aromatic rings. The summed E-state index contributed by atoms with van der Waals surface area (Å²) in [6.45, 7) is 4.00. The van der Waals surface area contributed by atoms with Crippen molar-refractivity contribution in [3.63, 3.8) is 0 Å². The van der Waals surface area contributed by atoms with Crippen LogP contribution in [0.4, 0.5) is 0 Å². The number of hydrogen-bond acceptors (Lipinski definition) is 3. The Kier molecular flexibility index (Phi) is 6.10. The molecule has 1 aliphatic heterocycles. The van der Waals surface area contributed by atoms with E-state index < -0.39 is 5.97 Å². The molecule has 1 heterocycles. The molecule has 0 saturated carbocycles. The van der Waals surface area contributed by atoms with Crippen molar-refractivity contribution in [1.82, 2.24) is 4.90 Å². The van der Waals surface area contributed by atoms with E-state index in [9.17, 15) is 9.90 Å². The van der Waals surface area contributed by atoms with Crippen molar-refractivity contribution in [3.8, 4) is 0 Å². The SMILES string of the molecule is CCCCC(C(=O)O)N1CCCSCC1. The van der Waals surface area contributed by atoms with Gasteiger partial charge in [-0.1, -0.05) is 19.8 Å². The predicted molar refractivity (Wildman–Crippen MR) is 64.5 cm³/mol. The van der Waals surface area contributed by atoms with Gasteiger partial charge in [0.05, 0.1) is 0 Å². The molecule has 1 saturated heterocycles. The zero-order valence-electron chi connectivity index (χ0n) is 9.45. The lowest BCUT2D eigenvalue weighted by Gasteiger charge is -2.26. The number of carbonyl (C=O) groups is 1. The Labute approximate surface area is 96.2 Å². The summed E-state index contributed by atoms with van der Waals surface area (Å²) in [5, 5.41) is 9.20. The molecule has 0 aromatic carbocycles. The second-order valence-electron chi connectivity index (χ2n) is 4.00. The number of carboxylic acid groups (broad SMARTS) is 1. The number of rotatable bonds is 5. The number of unbranched alkanes of at least 4 members (excludes halogenated alkanes) is 1. The second-order valence-corrected chi connectivity index (χ2v) is 5.22. The second kappa shape index (κ2) is 7.12. The lowest BCUT2D eigenvalue weighted by molar-refractivity contribution is -0.143. The third-order valence-electron chi connectivity index (χ3n) is 2.81. The van der Waals surface area contributed by atoms with Crippen LogP contribution in [0.15, 0.2) is 0 Å². The van der Waals surface area contributed by atoms with E-state index >= 15 is 0 Å². The van der Waals surface area contributed by atoms with Crippen LogP contribution in [0.1, 0.15) is 32.6 Å². The van der Waals surface area contributed by atoms with E-state index in [4.69, 9.17) is 0 Å². The van der Waals surface area contributed by atoms with Gasteiger partial charge in [0, 0.05) is 12.3 Å². The summed E-state index contributed by atoms with van der Waals surface area (Å²) in [5.74, 6) is 1.61. The van der Waals surface area contributed by atoms with Gasteiger partial charge in [0.2, 0.25) is 0 Å². The van der Waals surface area contributed by atoms with E-state index in [-0.39, 0.29) is 6.04 Å². The maximum absolute atomic E-state index is 11.2. The van der Waals surface area contributed by atoms with Crippen LogP contribution in [-0.4, -0.2) is 46.6 Å². The van der Waals surface area contributed by atoms with Crippen LogP contribution < -0.4 is 0 Å². The van der Waals surface area contributed by atoms with E-state index in [0.29, 0.717) is 0 Å². The van der Waals surface area contributed by atoms with E-state index in [1.54, 1.807) is 0 Å². The number of nitrogens with zero attached hydrogens (tertiary/aromatic N) is 1. The lowest BCUT2D eigenvalue weighted by atomic mass is 10.1. The smallest absolute Gasteiger partial charge is 0.320 e. The van der Waals surface area contributed by atoms with Gasteiger partial charge in [-0.3, -0.25) is 9.69 Å². The van der Waals surface area contributed by atoms with Crippen molar-refractivity contribution >= 4 is 17.7 Å². The Morgan fingerprint density at radius 1 is 1.47 bits per heavy atom. The van der Waals surface area contributed by atoms with Gasteiger partial charge in [-0.2, -0.15) is 11.8 Å². The van der Waals surface area contributed by atoms with Crippen LogP contribution >= 0.6 is 11.8 Å². The van der Waals surface area contributed by atoms with E-state index in [2.05, 4.69) is 11.8 Å². The molecule has 1 rings (SSSR count). The number of aliphatic carboxylic acids is 1. The minimum absolute atomic E-state index is 0.247. The molecule has 4 heteroatoms. The number of thioether (sulfide) groups is 1. The van der Waals surface area contributed by atoms with Crippen molar-refractivity contribution in [3.05, 3.63) is 0 Å². The van der Waals surface area contributed by atoms with E-state index in [1.165, 1.54) is 5.75 Å². The monoisotopic (exact) mass is 231 g/mol. The average Bonchev–Trinajstić information content (AvgIpc) is 2.47. The first-order valence-electron chi connectivity index (χ1n) is 5.80. The molecule has 0 radical (unpaired) electrons. The molecule has 0 bridgehead atoms. The summed E-state index contributed by atoms with van der Waals surface area (Å²) < 4.78 is 0. The van der Waals surface area contributed by atoms with Gasteiger partial charge in [-0.25, -0.2) is 0 Å². The molecule has 0 amide bonds. The fraction of sp³-hybridized carbons (Fsp3) is 0.909. The van der Waals surface area contributed by atoms with Gasteiger partial charge in [-0.05, 0) is 25.1 Å². The molecule has 0 spiro atoms. The Morgan fingerprint density at radius 3 is 2.93 bits per heavy atom. The summed E-state index contributed by atoms with van der Waals surface area (Å²) in [6.07, 6.45) is 4.02. The maximum atomic E-state index is 11.2. The molecule has 15 heavy (non-hydrogen) atoms. The standard InChI is InChI=1S/C11H21NO2S/c1-2-3-5-10(11(13)14)12-6-4-8-15-9-7-12/h10H,2-9H2,1H3,(H,13,14). The third kappa shape index (κ3) is 4.43. The van der Waals surface area contributed by atoms with Crippen LogP contribution in [0, 0.1) is 0 Å². The first-order chi connectivity index (χ1) is 7.25. The Bertz CT molecular complexity index is 191. The van der Waals surface area contributed by atoms with Crippen LogP contribution in [0.2, 0.25) is 0 Å². The Balaban J connectivity index is 2.48. The zero-order chi connectivity index (χ0) is 11.1. The van der Waals surface area contributed by atoms with Crippen molar-refractivity contribution in [1.29, 1.82) is 0 Å². The average molecular weight is 231 g/mol. The molecule has 1 unspecified atom stereocenters. The van der Waals surface area contributed by atoms with Gasteiger partial charge in [0.1, 0.15) is 6.04 Å². The first-order valence-corrected chi connectivity index (χ1v) is 6.95. The van der Waals surface area contributed by atoms with Gasteiger partial charge >= 0.3 is 5.97 Å². The maximum Gasteiger partial charge on any atom is 0.320 e. The van der Waals surface area contributed by atoms with Crippen LogP contribution in [0.3, 0.4) is 0 Å². The number of hydrogen-bond donors (Lipinski definition) is 1. The topological polar surface area (TPSA) is 40.5 Å². The molecule has 1 N–H and O–H groups in total. The van der Waals surface area contributed by atoms with Crippen LogP contribution in [0.25, 0.3) is 0 Å². The molecule has 0 aromatic heterocycles. The summed E-state index contributed by atoms with van der Waals surface area (Å²) in [5.41, 5.74) is 0. The summed E-state index contributed by atoms with van der Waals surface area (Å²) in [7, 11) is 0. The minimum atomic E-state index is -0.643. The van der Waals surface area contributed by atoms with Crippen LogP contribution in [-0.2, 0) is 4.79 Å². The normalized spacial score (nSPS) is 20.9. The molecule has 1 atom stereocenters. The highest BCUT2D eigenvalue weighted by Gasteiger charge is 2.25. The Morgan fingerprint density at radius 2 is 2.27 bits per heavy atom. The van der Waals surface area contributed by atoms with Crippen molar-refractivity contribution < 1.29 is 9.90 Å². The van der Waals surface area contributed by atoms with Crippen LogP contribution in [0.5, 0.6) is 0 Å². The Hall–Kier alpha value is -0.220. The van der Waals surface area contributed by atoms with Gasteiger partial charge in [0.15, 0.2) is 0 Å². The fourth-order valence-corrected chi connectivity index (χ4v) is 2.84. The van der Waals surface area contributed by atoms with Gasteiger partial charge < -0.3 is 5.11 Å². The van der Waals surface area contributed by atoms with Crippen molar-refractivity contribution in [2.24, 2.45) is 0 Å². The quantitative estimate of drug-likeness (QED) is 0.786. The highest BCUT2D eigenvalue weighted by molar-refractivity contribution is 7.99. The molecule has 1 fully saturated rings. The lowest BCUT2D eigenvalue weighted by Crippen LogP contribution is -2.42. The fourth-order valence-electron chi connectivity index (χ4n) is 1.94. The van der Waals surface area contributed by atoms with Gasteiger partial charge in [0.25, 0.3) is 0 Å². The largest absolute Gasteiger partial charge is 0.480 e. The third-order valence-corrected chi connectivity index (χ3v) is 3.86. The summed E-state index contributed by atoms with van der Waals surface area (Å²) in [4.78, 5) is 13.3. The van der Waals surface area contributed by atoms with E-state index in [0.717, 1.165) is 44.5 Å². The molecule has 88 valence electrons. The van der Waals surface area contributed by atoms with Gasteiger partial charge in [-0.15, -0.1) is 0 Å². The highest BCUT2D eigenvalue weighted by atomic mass is 32.2. The van der Waals surface area contributed by atoms with E-state index in [1.807, 2.05) is 11.8 Å². The van der Waals surface area contributed by atoms with Crippen molar-refractivity contribution in [2.75, 3.05) is 24.6 Å². The molecule has 1 aliphatic rings. The zero-order valence-corrected chi connectivity index (χ0v) is 10.3.